The summed E-state index contributed by atoms with van der Waals surface area (Å²) in [6.07, 6.45) is 1.10. The van der Waals surface area contributed by atoms with Crippen LogP contribution in [-0.4, -0.2) is 30.0 Å². The van der Waals surface area contributed by atoms with Gasteiger partial charge in [-0.15, -0.1) is 11.3 Å². The van der Waals surface area contributed by atoms with E-state index in [0.717, 1.165) is 38.3 Å². The maximum absolute atomic E-state index is 4.31. The Morgan fingerprint density at radius 1 is 1.14 bits per heavy atom. The van der Waals surface area contributed by atoms with E-state index in [0.29, 0.717) is 0 Å². The minimum Gasteiger partial charge on any atom is -0.317 e. The first kappa shape index (κ1) is 16.1. The van der Waals surface area contributed by atoms with Crippen LogP contribution in [0.15, 0.2) is 29.8 Å². The highest BCUT2D eigenvalue weighted by Crippen LogP contribution is 2.16. The number of hydrogen-bond donors (Lipinski definition) is 1. The van der Waals surface area contributed by atoms with Crippen molar-refractivity contribution in [1.82, 2.24) is 15.2 Å². The fourth-order valence-electron chi connectivity index (χ4n) is 2.31. The number of nitrogens with one attached hydrogen (secondary N) is 1. The predicted molar refractivity (Wildman–Crippen MR) is 90.7 cm³/mol. The number of benzene rings is 1. The van der Waals surface area contributed by atoms with Crippen LogP contribution >= 0.6 is 11.3 Å². The SMILES string of the molecule is CCNCCc1ccc(CN(C)Cc2scnc2C)cc1. The number of nitrogens with zero attached hydrogens (tertiary/aromatic N) is 2. The van der Waals surface area contributed by atoms with Gasteiger partial charge in [-0.2, -0.15) is 0 Å². The molecule has 0 aliphatic rings. The van der Waals surface area contributed by atoms with Crippen molar-refractivity contribution in [3.8, 4) is 0 Å². The fourth-order valence-corrected chi connectivity index (χ4v) is 3.17. The van der Waals surface area contributed by atoms with E-state index < -0.39 is 0 Å². The molecule has 1 aromatic carbocycles. The van der Waals surface area contributed by atoms with Crippen LogP contribution in [0.2, 0.25) is 0 Å². The minimum absolute atomic E-state index is 0.971. The van der Waals surface area contributed by atoms with E-state index in [2.05, 4.69) is 60.4 Å². The summed E-state index contributed by atoms with van der Waals surface area (Å²) < 4.78 is 0. The zero-order valence-electron chi connectivity index (χ0n) is 13.2. The Morgan fingerprint density at radius 2 is 1.86 bits per heavy atom. The highest BCUT2D eigenvalue weighted by Gasteiger charge is 2.06. The van der Waals surface area contributed by atoms with Crippen molar-refractivity contribution in [2.24, 2.45) is 0 Å². The van der Waals surface area contributed by atoms with Crippen LogP contribution in [-0.2, 0) is 19.5 Å². The Kier molecular flexibility index (Phi) is 6.36. The molecule has 1 aromatic heterocycles. The normalized spacial score (nSPS) is 11.2. The molecule has 0 spiro atoms. The second kappa shape index (κ2) is 8.27. The summed E-state index contributed by atoms with van der Waals surface area (Å²) >= 11 is 1.74. The van der Waals surface area contributed by atoms with Crippen LogP contribution in [0.5, 0.6) is 0 Å². The van der Waals surface area contributed by atoms with Gasteiger partial charge in [0.1, 0.15) is 0 Å². The molecule has 1 heterocycles. The highest BCUT2D eigenvalue weighted by atomic mass is 32.1. The van der Waals surface area contributed by atoms with Gasteiger partial charge in [0.2, 0.25) is 0 Å². The van der Waals surface area contributed by atoms with Crippen LogP contribution < -0.4 is 5.32 Å². The lowest BCUT2D eigenvalue weighted by Crippen LogP contribution is -2.17. The highest BCUT2D eigenvalue weighted by molar-refractivity contribution is 7.09. The van der Waals surface area contributed by atoms with Crippen LogP contribution in [0, 0.1) is 6.92 Å². The van der Waals surface area contributed by atoms with Gasteiger partial charge < -0.3 is 5.32 Å². The second-order valence-electron chi connectivity index (χ2n) is 5.45. The number of likely N-dealkylation sites (N-methyl/N-ethyl adjacent to an activating group) is 1. The van der Waals surface area contributed by atoms with E-state index in [4.69, 9.17) is 0 Å². The first-order valence-electron chi connectivity index (χ1n) is 7.55. The Labute approximate surface area is 132 Å². The molecule has 0 aliphatic carbocycles. The largest absolute Gasteiger partial charge is 0.317 e. The molecule has 0 saturated carbocycles. The standard InChI is InChI=1S/C17H25N3S/c1-4-18-10-9-15-5-7-16(8-6-15)11-20(3)12-17-14(2)19-13-21-17/h5-8,13,18H,4,9-12H2,1-3H3. The van der Waals surface area contributed by atoms with Gasteiger partial charge in [-0.05, 0) is 44.6 Å². The molecule has 0 aliphatic heterocycles. The quantitative estimate of drug-likeness (QED) is 0.759. The van der Waals surface area contributed by atoms with E-state index in [1.165, 1.54) is 16.0 Å². The van der Waals surface area contributed by atoms with Crippen molar-refractivity contribution in [1.29, 1.82) is 0 Å². The average Bonchev–Trinajstić information content (AvgIpc) is 2.86. The van der Waals surface area contributed by atoms with Crippen molar-refractivity contribution in [2.75, 3.05) is 20.1 Å². The first-order chi connectivity index (χ1) is 10.2. The lowest BCUT2D eigenvalue weighted by Gasteiger charge is -2.16. The van der Waals surface area contributed by atoms with E-state index >= 15 is 0 Å². The molecule has 4 heteroatoms. The Balaban J connectivity index is 1.83. The molecule has 0 saturated heterocycles. The van der Waals surface area contributed by atoms with Crippen molar-refractivity contribution < 1.29 is 0 Å². The molecule has 0 fully saturated rings. The second-order valence-corrected chi connectivity index (χ2v) is 6.39. The molecule has 0 unspecified atom stereocenters. The molecule has 21 heavy (non-hydrogen) atoms. The van der Waals surface area contributed by atoms with Gasteiger partial charge in [0.05, 0.1) is 11.2 Å². The number of thiazole rings is 1. The van der Waals surface area contributed by atoms with Gasteiger partial charge in [-0.1, -0.05) is 31.2 Å². The third-order valence-corrected chi connectivity index (χ3v) is 4.49. The average molecular weight is 303 g/mol. The van der Waals surface area contributed by atoms with Crippen molar-refractivity contribution >= 4 is 11.3 Å². The van der Waals surface area contributed by atoms with E-state index in [1.807, 2.05) is 5.51 Å². The van der Waals surface area contributed by atoms with E-state index in [-0.39, 0.29) is 0 Å². The monoisotopic (exact) mass is 303 g/mol. The molecule has 1 N–H and O–H groups in total. The number of aromatic nitrogens is 1. The number of hydrogen-bond acceptors (Lipinski definition) is 4. The summed E-state index contributed by atoms with van der Waals surface area (Å²) in [6, 6.07) is 8.99. The molecular weight excluding hydrogens is 278 g/mol. The molecule has 0 atom stereocenters. The van der Waals surface area contributed by atoms with Gasteiger partial charge >= 0.3 is 0 Å². The van der Waals surface area contributed by atoms with Crippen molar-refractivity contribution in [3.63, 3.8) is 0 Å². The van der Waals surface area contributed by atoms with Crippen molar-refractivity contribution in [2.45, 2.75) is 33.4 Å². The third kappa shape index (κ3) is 5.23. The molecule has 0 bridgehead atoms. The predicted octanol–water partition coefficient (Wildman–Crippen LogP) is 3.24. The molecule has 2 rings (SSSR count). The summed E-state index contributed by atoms with van der Waals surface area (Å²) in [4.78, 5) is 8.01. The molecule has 114 valence electrons. The van der Waals surface area contributed by atoms with Crippen LogP contribution in [0.4, 0.5) is 0 Å². The minimum atomic E-state index is 0.971. The van der Waals surface area contributed by atoms with Gasteiger partial charge in [-0.3, -0.25) is 4.90 Å². The van der Waals surface area contributed by atoms with Crippen LogP contribution in [0.25, 0.3) is 0 Å². The van der Waals surface area contributed by atoms with Gasteiger partial charge in [0.15, 0.2) is 0 Å². The Hall–Kier alpha value is -1.23. The summed E-state index contributed by atoms with van der Waals surface area (Å²) in [5, 5.41) is 3.36. The topological polar surface area (TPSA) is 28.2 Å². The molecule has 0 radical (unpaired) electrons. The Bertz CT molecular complexity index is 533. The van der Waals surface area contributed by atoms with Gasteiger partial charge in [0, 0.05) is 18.0 Å². The van der Waals surface area contributed by atoms with Crippen molar-refractivity contribution in [3.05, 3.63) is 51.5 Å². The first-order valence-corrected chi connectivity index (χ1v) is 8.43. The molecule has 3 nitrogen and oxygen atoms in total. The van der Waals surface area contributed by atoms with Gasteiger partial charge in [-0.25, -0.2) is 4.98 Å². The Morgan fingerprint density at radius 3 is 2.48 bits per heavy atom. The number of rotatable bonds is 8. The smallest absolute Gasteiger partial charge is 0.0798 e. The maximum Gasteiger partial charge on any atom is 0.0798 e. The zero-order valence-corrected chi connectivity index (χ0v) is 14.0. The maximum atomic E-state index is 4.31. The van der Waals surface area contributed by atoms with Crippen LogP contribution in [0.3, 0.4) is 0 Å². The van der Waals surface area contributed by atoms with E-state index in [9.17, 15) is 0 Å². The summed E-state index contributed by atoms with van der Waals surface area (Å²) in [6.45, 7) is 8.27. The summed E-state index contributed by atoms with van der Waals surface area (Å²) in [5.41, 5.74) is 5.86. The van der Waals surface area contributed by atoms with Crippen LogP contribution in [0.1, 0.15) is 28.6 Å². The fraction of sp³-hybridized carbons (Fsp3) is 0.471. The number of aryl methyl sites for hydroxylation is 1. The van der Waals surface area contributed by atoms with Gasteiger partial charge in [0.25, 0.3) is 0 Å². The van der Waals surface area contributed by atoms with E-state index in [1.54, 1.807) is 11.3 Å². The summed E-state index contributed by atoms with van der Waals surface area (Å²) in [5.74, 6) is 0. The molecular formula is C17H25N3S. The molecule has 2 aromatic rings. The zero-order chi connectivity index (χ0) is 15.1. The summed E-state index contributed by atoms with van der Waals surface area (Å²) in [7, 11) is 2.16. The molecule has 0 amide bonds. The third-order valence-electron chi connectivity index (χ3n) is 3.57. The lowest BCUT2D eigenvalue weighted by atomic mass is 10.1. The lowest BCUT2D eigenvalue weighted by molar-refractivity contribution is 0.321.